The summed E-state index contributed by atoms with van der Waals surface area (Å²) in [6.07, 6.45) is -0.745. The number of carbonyl (C=O) groups excluding carboxylic acids is 2. The van der Waals surface area contributed by atoms with E-state index in [0.29, 0.717) is 14.7 Å². The molecule has 0 bridgehead atoms. The van der Waals surface area contributed by atoms with Crippen molar-refractivity contribution in [1.29, 1.82) is 0 Å². The molecule has 2 aromatic rings. The molecule has 2 aromatic carbocycles. The predicted octanol–water partition coefficient (Wildman–Crippen LogP) is 3.14. The van der Waals surface area contributed by atoms with Crippen LogP contribution in [0.1, 0.15) is 15.9 Å². The lowest BCUT2D eigenvalue weighted by Gasteiger charge is -2.04. The first-order chi connectivity index (χ1) is 10.9. The fourth-order valence-electron chi connectivity index (χ4n) is 1.58. The molecule has 2 N–H and O–H groups in total. The number of nitro benzene ring substituents is 1. The maximum Gasteiger partial charge on any atom is 0.404 e. The molecule has 7 nitrogen and oxygen atoms in total. The maximum atomic E-state index is 12.2. The van der Waals surface area contributed by atoms with Crippen LogP contribution in [0.15, 0.2) is 48.5 Å². The molecule has 0 aliphatic heterocycles. The summed E-state index contributed by atoms with van der Waals surface area (Å²) in [5.74, 6) is -0.205. The number of nitrogens with zero attached hydrogens (tertiary/aromatic N) is 1. The van der Waals surface area contributed by atoms with Crippen molar-refractivity contribution in [2.45, 2.75) is 0 Å². The van der Waals surface area contributed by atoms with Crippen molar-refractivity contribution in [3.05, 3.63) is 73.3 Å². The van der Waals surface area contributed by atoms with Gasteiger partial charge in [0.1, 0.15) is 3.57 Å². The van der Waals surface area contributed by atoms with Crippen LogP contribution in [-0.4, -0.2) is 23.9 Å². The summed E-state index contributed by atoms with van der Waals surface area (Å²) in [5, 5.41) is 10.8. The second-order valence-electron chi connectivity index (χ2n) is 4.11. The Morgan fingerprint density at radius 2 is 1.70 bits per heavy atom. The van der Waals surface area contributed by atoms with Crippen molar-refractivity contribution >= 4 is 40.2 Å². The number of hydrogen-bond acceptors (Lipinski definition) is 5. The number of nitrogens with two attached hydrogens (primary N) is 1. The van der Waals surface area contributed by atoms with Gasteiger partial charge in [0.15, 0.2) is 5.78 Å². The van der Waals surface area contributed by atoms with Gasteiger partial charge in [0, 0.05) is 17.2 Å². The Labute approximate surface area is 145 Å². The van der Waals surface area contributed by atoms with Crippen molar-refractivity contribution in [3.63, 3.8) is 0 Å². The first-order valence-electron chi connectivity index (χ1n) is 6.24. The largest absolute Gasteiger partial charge is 0.453 e. The van der Waals surface area contributed by atoms with Gasteiger partial charge in [0.2, 0.25) is 0 Å². The van der Waals surface area contributed by atoms with E-state index in [-0.39, 0.29) is 11.5 Å². The third-order valence-corrected chi connectivity index (χ3v) is 3.79. The van der Waals surface area contributed by atoms with E-state index in [1.807, 2.05) is 28.7 Å². The highest BCUT2D eigenvalue weighted by molar-refractivity contribution is 14.1. The number of primary amides is 1. The smallest absolute Gasteiger partial charge is 0.404 e. The van der Waals surface area contributed by atoms with E-state index < -0.39 is 11.0 Å². The third kappa shape index (κ3) is 5.33. The summed E-state index contributed by atoms with van der Waals surface area (Å²) in [6, 6.07) is 13.2. The highest BCUT2D eigenvalue weighted by atomic mass is 127. The molecule has 23 heavy (non-hydrogen) atoms. The molecule has 0 saturated carbocycles. The molecule has 0 atom stereocenters. The molecule has 0 saturated heterocycles. The summed E-state index contributed by atoms with van der Waals surface area (Å²) in [7, 11) is 1.22. The first-order valence-corrected chi connectivity index (χ1v) is 7.32. The van der Waals surface area contributed by atoms with Gasteiger partial charge in [0.05, 0.1) is 12.0 Å². The minimum absolute atomic E-state index is 0.0441. The number of carbonyl (C=O) groups is 2. The third-order valence-electron chi connectivity index (χ3n) is 2.66. The zero-order valence-electron chi connectivity index (χ0n) is 12.1. The molecular weight excluding hydrogens is 415 g/mol. The van der Waals surface area contributed by atoms with Crippen LogP contribution < -0.4 is 5.73 Å². The van der Waals surface area contributed by atoms with E-state index in [1.165, 1.54) is 19.2 Å². The summed E-state index contributed by atoms with van der Waals surface area (Å²) >= 11 is 1.84. The predicted molar refractivity (Wildman–Crippen MR) is 92.3 cm³/mol. The lowest BCUT2D eigenvalue weighted by atomic mass is 10.0. The van der Waals surface area contributed by atoms with Gasteiger partial charge < -0.3 is 10.5 Å². The first kappa shape index (κ1) is 18.6. The van der Waals surface area contributed by atoms with E-state index in [1.54, 1.807) is 30.3 Å². The number of ketones is 1. The zero-order chi connectivity index (χ0) is 17.4. The molecular formula is C15H13IN2O5. The van der Waals surface area contributed by atoms with Crippen molar-refractivity contribution in [3.8, 4) is 0 Å². The highest BCUT2D eigenvalue weighted by Gasteiger charge is 2.19. The number of amides is 1. The number of ether oxygens (including phenoxy) is 1. The number of hydrogen-bond donors (Lipinski definition) is 1. The quantitative estimate of drug-likeness (QED) is 0.349. The summed E-state index contributed by atoms with van der Waals surface area (Å²) in [5.41, 5.74) is 5.27. The van der Waals surface area contributed by atoms with Gasteiger partial charge in [-0.05, 0) is 28.7 Å². The van der Waals surface area contributed by atoms with Gasteiger partial charge >= 0.3 is 6.09 Å². The molecule has 0 heterocycles. The van der Waals surface area contributed by atoms with Crippen LogP contribution in [0, 0.1) is 13.7 Å². The summed E-state index contributed by atoms with van der Waals surface area (Å²) < 4.78 is 4.26. The minimum Gasteiger partial charge on any atom is -0.453 e. The molecule has 0 spiro atoms. The number of nitro groups is 1. The number of rotatable bonds is 3. The Kier molecular flexibility index (Phi) is 7.13. The molecule has 8 heteroatoms. The highest BCUT2D eigenvalue weighted by Crippen LogP contribution is 2.25. The topological polar surface area (TPSA) is 113 Å². The average Bonchev–Trinajstić information content (AvgIpc) is 2.55. The van der Waals surface area contributed by atoms with Crippen LogP contribution in [0.4, 0.5) is 10.5 Å². The minimum atomic E-state index is -0.745. The Bertz CT molecular complexity index is 719. The SMILES string of the molecule is COC(N)=O.O=C(c1ccccc1)c1cccc([N+](=O)[O-])c1I. The van der Waals surface area contributed by atoms with E-state index in [0.717, 1.165) is 0 Å². The number of halogens is 1. The van der Waals surface area contributed by atoms with Crippen LogP contribution >= 0.6 is 22.6 Å². The average molecular weight is 428 g/mol. The van der Waals surface area contributed by atoms with Gasteiger partial charge in [0.25, 0.3) is 5.69 Å². The van der Waals surface area contributed by atoms with Gasteiger partial charge in [-0.2, -0.15) is 0 Å². The van der Waals surface area contributed by atoms with Crippen LogP contribution in [0.25, 0.3) is 0 Å². The van der Waals surface area contributed by atoms with Crippen LogP contribution in [0.2, 0.25) is 0 Å². The molecule has 0 unspecified atom stereocenters. The Morgan fingerprint density at radius 3 is 2.17 bits per heavy atom. The number of methoxy groups -OCH3 is 1. The van der Waals surface area contributed by atoms with Crippen molar-refractivity contribution in [1.82, 2.24) is 0 Å². The van der Waals surface area contributed by atoms with Crippen LogP contribution in [-0.2, 0) is 4.74 Å². The monoisotopic (exact) mass is 428 g/mol. The van der Waals surface area contributed by atoms with Crippen molar-refractivity contribution in [2.75, 3.05) is 7.11 Å². The van der Waals surface area contributed by atoms with Gasteiger partial charge in [-0.3, -0.25) is 14.9 Å². The van der Waals surface area contributed by atoms with Crippen LogP contribution in [0.3, 0.4) is 0 Å². The molecule has 0 radical (unpaired) electrons. The van der Waals surface area contributed by atoms with Crippen molar-refractivity contribution in [2.24, 2.45) is 5.73 Å². The van der Waals surface area contributed by atoms with Gasteiger partial charge in [-0.15, -0.1) is 0 Å². The molecule has 0 aromatic heterocycles. The summed E-state index contributed by atoms with van der Waals surface area (Å²) in [6.45, 7) is 0. The molecule has 0 aliphatic rings. The fourth-order valence-corrected chi connectivity index (χ4v) is 2.38. The molecule has 120 valence electrons. The Morgan fingerprint density at radius 1 is 1.13 bits per heavy atom. The van der Waals surface area contributed by atoms with Crippen LogP contribution in [0.5, 0.6) is 0 Å². The molecule has 2 rings (SSSR count). The summed E-state index contributed by atoms with van der Waals surface area (Å²) in [4.78, 5) is 31.9. The van der Waals surface area contributed by atoms with E-state index in [4.69, 9.17) is 0 Å². The van der Waals surface area contributed by atoms with E-state index >= 15 is 0 Å². The standard InChI is InChI=1S/C13H8INO3.C2H5NO2/c14-12-10(7-4-8-11(12)15(17)18)13(16)9-5-2-1-3-6-9;1-5-2(3)4/h1-8H;1H3,(H2,3,4). The van der Waals surface area contributed by atoms with E-state index in [2.05, 4.69) is 10.5 Å². The molecule has 1 amide bonds. The van der Waals surface area contributed by atoms with Gasteiger partial charge in [-0.1, -0.05) is 36.4 Å². The second kappa shape index (κ2) is 8.83. The lowest BCUT2D eigenvalue weighted by Crippen LogP contribution is -2.08. The molecule has 0 aliphatic carbocycles. The van der Waals surface area contributed by atoms with Gasteiger partial charge in [-0.25, -0.2) is 4.79 Å². The van der Waals surface area contributed by atoms with E-state index in [9.17, 15) is 19.7 Å². The number of benzene rings is 2. The molecule has 0 fully saturated rings. The zero-order valence-corrected chi connectivity index (χ0v) is 14.2. The maximum absolute atomic E-state index is 12.2. The Hall–Kier alpha value is -2.49. The Balaban J connectivity index is 0.000000463. The normalized spacial score (nSPS) is 9.30. The fraction of sp³-hybridized carbons (Fsp3) is 0.0667. The second-order valence-corrected chi connectivity index (χ2v) is 5.19. The van der Waals surface area contributed by atoms with Crippen molar-refractivity contribution < 1.29 is 19.2 Å². The lowest BCUT2D eigenvalue weighted by molar-refractivity contribution is -0.385.